The van der Waals surface area contributed by atoms with Crippen LogP contribution in [0.5, 0.6) is 0 Å². The van der Waals surface area contributed by atoms with Crippen LogP contribution >= 0.6 is 0 Å². The molecule has 2 aromatic heterocycles. The van der Waals surface area contributed by atoms with Crippen molar-refractivity contribution in [2.24, 2.45) is 0 Å². The first kappa shape index (κ1) is 12.7. The van der Waals surface area contributed by atoms with E-state index in [1.807, 2.05) is 72.9 Å². The van der Waals surface area contributed by atoms with E-state index >= 15 is 0 Å². The summed E-state index contributed by atoms with van der Waals surface area (Å²) in [6, 6.07) is 22.2. The number of imidazole rings is 1. The third-order valence-corrected chi connectivity index (χ3v) is 3.58. The molecule has 0 bridgehead atoms. The predicted molar refractivity (Wildman–Crippen MR) is 87.2 cm³/mol. The van der Waals surface area contributed by atoms with Crippen LogP contribution in [0.1, 0.15) is 0 Å². The molecule has 0 aliphatic rings. The van der Waals surface area contributed by atoms with Crippen molar-refractivity contribution in [2.75, 3.05) is 0 Å². The molecule has 0 unspecified atom stereocenters. The van der Waals surface area contributed by atoms with Crippen LogP contribution in [0.2, 0.25) is 0 Å². The fourth-order valence-electron chi connectivity index (χ4n) is 2.53. The molecule has 0 saturated carbocycles. The van der Waals surface area contributed by atoms with Gasteiger partial charge in [0, 0.05) is 23.5 Å². The summed E-state index contributed by atoms with van der Waals surface area (Å²) in [6.07, 6.45) is 3.57. The van der Waals surface area contributed by atoms with Crippen molar-refractivity contribution < 1.29 is 4.42 Å². The number of aromatic amines is 1. The van der Waals surface area contributed by atoms with Gasteiger partial charge >= 0.3 is 0 Å². The molecule has 0 spiro atoms. The number of nitrogens with zero attached hydrogens (tertiary/aromatic N) is 1. The van der Waals surface area contributed by atoms with Gasteiger partial charge in [0.2, 0.25) is 0 Å². The summed E-state index contributed by atoms with van der Waals surface area (Å²) in [7, 11) is 0. The molecule has 4 aromatic rings. The highest BCUT2D eigenvalue weighted by atomic mass is 16.3. The van der Waals surface area contributed by atoms with E-state index in [2.05, 4.69) is 9.97 Å². The van der Waals surface area contributed by atoms with Crippen molar-refractivity contribution in [1.82, 2.24) is 9.97 Å². The van der Waals surface area contributed by atoms with Crippen molar-refractivity contribution in [3.8, 4) is 34.0 Å². The number of aromatic nitrogens is 2. The molecule has 3 nitrogen and oxygen atoms in total. The minimum absolute atomic E-state index is 0.810. The summed E-state index contributed by atoms with van der Waals surface area (Å²) >= 11 is 0. The van der Waals surface area contributed by atoms with Gasteiger partial charge in [0.1, 0.15) is 17.3 Å². The summed E-state index contributed by atoms with van der Waals surface area (Å²) in [5.41, 5.74) is 3.06. The molecular weight excluding hydrogens is 272 g/mol. The molecule has 106 valence electrons. The quantitative estimate of drug-likeness (QED) is 0.575. The van der Waals surface area contributed by atoms with E-state index in [4.69, 9.17) is 4.42 Å². The third-order valence-electron chi connectivity index (χ3n) is 3.58. The Kier molecular flexibility index (Phi) is 3.09. The zero-order valence-electron chi connectivity index (χ0n) is 11.9. The van der Waals surface area contributed by atoms with Gasteiger partial charge < -0.3 is 9.40 Å². The van der Waals surface area contributed by atoms with Crippen LogP contribution in [0.3, 0.4) is 0 Å². The molecule has 3 heteroatoms. The molecule has 1 N–H and O–H groups in total. The fourth-order valence-corrected chi connectivity index (χ4v) is 2.53. The summed E-state index contributed by atoms with van der Waals surface area (Å²) in [4.78, 5) is 7.52. The maximum Gasteiger partial charge on any atom is 0.145 e. The van der Waals surface area contributed by atoms with Gasteiger partial charge in [-0.25, -0.2) is 4.98 Å². The standard InChI is InChI=1S/C19H14N2O/c1-3-7-14(8-4-1)17-13-16(19-20-11-12-21-19)18(22-17)15-9-5-2-6-10-15/h1-13H,(H,20,21). The number of nitrogens with one attached hydrogen (secondary N) is 1. The molecule has 0 saturated heterocycles. The fraction of sp³-hybridized carbons (Fsp3) is 0. The van der Waals surface area contributed by atoms with Gasteiger partial charge in [0.15, 0.2) is 0 Å². The Labute approximate surface area is 128 Å². The van der Waals surface area contributed by atoms with Gasteiger partial charge in [0.05, 0.1) is 5.56 Å². The van der Waals surface area contributed by atoms with Gasteiger partial charge in [-0.2, -0.15) is 0 Å². The molecule has 0 aliphatic carbocycles. The predicted octanol–water partition coefficient (Wildman–Crippen LogP) is 5.00. The second-order valence-electron chi connectivity index (χ2n) is 5.02. The lowest BCUT2D eigenvalue weighted by atomic mass is 10.1. The first-order valence-corrected chi connectivity index (χ1v) is 7.16. The van der Waals surface area contributed by atoms with E-state index in [1.54, 1.807) is 6.20 Å². The monoisotopic (exact) mass is 286 g/mol. The second kappa shape index (κ2) is 5.37. The van der Waals surface area contributed by atoms with Gasteiger partial charge in [-0.05, 0) is 6.07 Å². The zero-order chi connectivity index (χ0) is 14.8. The van der Waals surface area contributed by atoms with Gasteiger partial charge in [-0.15, -0.1) is 0 Å². The molecule has 2 aromatic carbocycles. The van der Waals surface area contributed by atoms with Crippen molar-refractivity contribution in [3.05, 3.63) is 79.1 Å². The summed E-state index contributed by atoms with van der Waals surface area (Å²) in [5.74, 6) is 2.48. The highest BCUT2D eigenvalue weighted by molar-refractivity contribution is 5.80. The van der Waals surface area contributed by atoms with Crippen LogP contribution in [-0.4, -0.2) is 9.97 Å². The van der Waals surface area contributed by atoms with E-state index in [1.165, 1.54) is 0 Å². The Hall–Kier alpha value is -3.07. The highest BCUT2D eigenvalue weighted by Gasteiger charge is 2.17. The highest BCUT2D eigenvalue weighted by Crippen LogP contribution is 2.37. The molecule has 0 atom stereocenters. The maximum atomic E-state index is 6.15. The Bertz CT molecular complexity index is 862. The van der Waals surface area contributed by atoms with E-state index in [0.717, 1.165) is 34.0 Å². The summed E-state index contributed by atoms with van der Waals surface area (Å²) < 4.78 is 6.15. The molecule has 0 amide bonds. The zero-order valence-corrected chi connectivity index (χ0v) is 11.9. The minimum atomic E-state index is 0.810. The Morgan fingerprint density at radius 1 is 0.818 bits per heavy atom. The Balaban J connectivity index is 1.91. The van der Waals surface area contributed by atoms with Gasteiger partial charge in [-0.1, -0.05) is 60.7 Å². The molecule has 0 aliphatic heterocycles. The summed E-state index contributed by atoms with van der Waals surface area (Å²) in [6.45, 7) is 0. The Morgan fingerprint density at radius 3 is 2.14 bits per heavy atom. The SMILES string of the molecule is c1ccc(-c2cc(-c3ncc[nH]3)c(-c3ccccc3)o2)cc1. The lowest BCUT2D eigenvalue weighted by Crippen LogP contribution is -1.81. The first-order chi connectivity index (χ1) is 10.9. The molecule has 4 rings (SSSR count). The van der Waals surface area contributed by atoms with Crippen molar-refractivity contribution in [1.29, 1.82) is 0 Å². The molecular formula is C19H14N2O. The molecule has 0 radical (unpaired) electrons. The smallest absolute Gasteiger partial charge is 0.145 e. The van der Waals surface area contributed by atoms with Crippen LogP contribution < -0.4 is 0 Å². The lowest BCUT2D eigenvalue weighted by molar-refractivity contribution is 0.598. The minimum Gasteiger partial charge on any atom is -0.455 e. The van der Waals surface area contributed by atoms with Crippen molar-refractivity contribution in [2.45, 2.75) is 0 Å². The third kappa shape index (κ3) is 2.23. The van der Waals surface area contributed by atoms with Crippen molar-refractivity contribution in [3.63, 3.8) is 0 Å². The normalized spacial score (nSPS) is 10.7. The van der Waals surface area contributed by atoms with E-state index in [-0.39, 0.29) is 0 Å². The number of H-pyrrole nitrogens is 1. The van der Waals surface area contributed by atoms with Crippen LogP contribution in [0.15, 0.2) is 83.5 Å². The van der Waals surface area contributed by atoms with E-state index < -0.39 is 0 Å². The molecule has 22 heavy (non-hydrogen) atoms. The van der Waals surface area contributed by atoms with Crippen LogP contribution in [0.25, 0.3) is 34.0 Å². The lowest BCUT2D eigenvalue weighted by Gasteiger charge is -2.00. The van der Waals surface area contributed by atoms with E-state index in [0.29, 0.717) is 0 Å². The number of hydrogen-bond acceptors (Lipinski definition) is 2. The molecule has 2 heterocycles. The van der Waals surface area contributed by atoms with Gasteiger partial charge in [0.25, 0.3) is 0 Å². The van der Waals surface area contributed by atoms with Crippen LogP contribution in [0, 0.1) is 0 Å². The van der Waals surface area contributed by atoms with Crippen LogP contribution in [0.4, 0.5) is 0 Å². The van der Waals surface area contributed by atoms with Crippen molar-refractivity contribution >= 4 is 0 Å². The summed E-state index contributed by atoms with van der Waals surface area (Å²) in [5, 5.41) is 0. The van der Waals surface area contributed by atoms with Crippen LogP contribution in [-0.2, 0) is 0 Å². The number of hydrogen-bond donors (Lipinski definition) is 1. The average Bonchev–Trinajstić information content (AvgIpc) is 3.26. The maximum absolute atomic E-state index is 6.15. The van der Waals surface area contributed by atoms with Gasteiger partial charge in [-0.3, -0.25) is 0 Å². The first-order valence-electron chi connectivity index (χ1n) is 7.16. The number of furan rings is 1. The second-order valence-corrected chi connectivity index (χ2v) is 5.02. The molecule has 0 fully saturated rings. The van der Waals surface area contributed by atoms with E-state index in [9.17, 15) is 0 Å². The number of benzene rings is 2. The average molecular weight is 286 g/mol. The topological polar surface area (TPSA) is 41.8 Å². The number of rotatable bonds is 3. The Morgan fingerprint density at radius 2 is 1.50 bits per heavy atom. The largest absolute Gasteiger partial charge is 0.455 e.